The van der Waals surface area contributed by atoms with Crippen molar-refractivity contribution in [3.63, 3.8) is 0 Å². The summed E-state index contributed by atoms with van der Waals surface area (Å²) in [5.74, 6) is -0.197. The molecule has 0 spiro atoms. The zero-order valence-electron chi connectivity index (χ0n) is 17.0. The highest BCUT2D eigenvalue weighted by molar-refractivity contribution is 8.14. The summed E-state index contributed by atoms with van der Waals surface area (Å²) in [4.78, 5) is 31.2. The Kier molecular flexibility index (Phi) is 6.44. The predicted octanol–water partition coefficient (Wildman–Crippen LogP) is 4.68. The molecule has 1 saturated carbocycles. The Morgan fingerprint density at radius 3 is 2.67 bits per heavy atom. The van der Waals surface area contributed by atoms with Crippen LogP contribution in [-0.2, 0) is 9.59 Å². The lowest BCUT2D eigenvalue weighted by atomic mass is 9.93. The van der Waals surface area contributed by atoms with Gasteiger partial charge in [-0.1, -0.05) is 42.1 Å². The van der Waals surface area contributed by atoms with Crippen molar-refractivity contribution < 1.29 is 14.0 Å². The Balaban J connectivity index is 1.67. The van der Waals surface area contributed by atoms with Gasteiger partial charge in [0.2, 0.25) is 0 Å². The van der Waals surface area contributed by atoms with Gasteiger partial charge in [0.15, 0.2) is 10.9 Å². The maximum Gasteiger partial charge on any atom is 0.186 e. The summed E-state index contributed by atoms with van der Waals surface area (Å²) in [5, 5.41) is 0.126. The standard InChI is InChI=1S/C24H25FN2O2S/c1-16(28)30-22-10-12-27(15-19(22)13-17-5-4-11-26-14-17)23(24(29)18-8-9-18)20-6-2-3-7-21(20)25/h2-7,11,13-14,18,22-23H,8-10,12,15H2,1H3. The van der Waals surface area contributed by atoms with Crippen LogP contribution in [0.5, 0.6) is 0 Å². The van der Waals surface area contributed by atoms with Crippen LogP contribution in [0.15, 0.2) is 54.4 Å². The first-order valence-electron chi connectivity index (χ1n) is 10.3. The number of carbonyl (C=O) groups excluding carboxylic acids is 2. The van der Waals surface area contributed by atoms with Crippen molar-refractivity contribution in [3.05, 3.63) is 71.3 Å². The number of rotatable bonds is 6. The van der Waals surface area contributed by atoms with E-state index in [2.05, 4.69) is 16.0 Å². The molecule has 4 rings (SSSR count). The van der Waals surface area contributed by atoms with Gasteiger partial charge in [-0.25, -0.2) is 4.39 Å². The summed E-state index contributed by atoms with van der Waals surface area (Å²) in [5.41, 5.74) is 2.48. The van der Waals surface area contributed by atoms with Gasteiger partial charge in [0.1, 0.15) is 5.82 Å². The highest BCUT2D eigenvalue weighted by Gasteiger charge is 2.41. The highest BCUT2D eigenvalue weighted by atomic mass is 32.2. The number of hydrogen-bond donors (Lipinski definition) is 0. The molecule has 30 heavy (non-hydrogen) atoms. The number of aromatic nitrogens is 1. The number of ketones is 1. The fraction of sp³-hybridized carbons (Fsp3) is 0.375. The van der Waals surface area contributed by atoms with E-state index in [0.29, 0.717) is 18.7 Å². The van der Waals surface area contributed by atoms with Crippen LogP contribution in [0, 0.1) is 11.7 Å². The second-order valence-corrected chi connectivity index (χ2v) is 9.34. The largest absolute Gasteiger partial charge is 0.297 e. The van der Waals surface area contributed by atoms with Gasteiger partial charge >= 0.3 is 0 Å². The molecule has 6 heteroatoms. The number of thioether (sulfide) groups is 1. The zero-order chi connectivity index (χ0) is 21.1. The third kappa shape index (κ3) is 4.87. The molecule has 1 saturated heterocycles. The second kappa shape index (κ2) is 9.23. The minimum atomic E-state index is -0.584. The molecule has 2 aromatic rings. The molecule has 156 valence electrons. The molecule has 1 aromatic heterocycles. The quantitative estimate of drug-likeness (QED) is 0.674. The summed E-state index contributed by atoms with van der Waals surface area (Å²) in [7, 11) is 0. The van der Waals surface area contributed by atoms with Crippen LogP contribution in [0.25, 0.3) is 6.08 Å². The van der Waals surface area contributed by atoms with Crippen molar-refractivity contribution in [1.82, 2.24) is 9.88 Å². The van der Waals surface area contributed by atoms with Crippen LogP contribution >= 0.6 is 11.8 Å². The molecule has 2 unspecified atom stereocenters. The van der Waals surface area contributed by atoms with E-state index in [-0.39, 0.29) is 27.9 Å². The average molecular weight is 425 g/mol. The summed E-state index contributed by atoms with van der Waals surface area (Å²) >= 11 is 1.33. The fourth-order valence-electron chi connectivity index (χ4n) is 4.07. The first-order chi connectivity index (χ1) is 14.5. The molecule has 0 amide bonds. The summed E-state index contributed by atoms with van der Waals surface area (Å²) in [6, 6.07) is 9.85. The van der Waals surface area contributed by atoms with Crippen LogP contribution in [0.3, 0.4) is 0 Å². The monoisotopic (exact) mass is 424 g/mol. The van der Waals surface area contributed by atoms with E-state index >= 15 is 0 Å². The van der Waals surface area contributed by atoms with Gasteiger partial charge in [0.05, 0.1) is 6.04 Å². The zero-order valence-corrected chi connectivity index (χ0v) is 17.8. The van der Waals surface area contributed by atoms with Crippen molar-refractivity contribution in [1.29, 1.82) is 0 Å². The Morgan fingerprint density at radius 2 is 2.00 bits per heavy atom. The third-order valence-corrected chi connectivity index (χ3v) is 6.79. The topological polar surface area (TPSA) is 50.3 Å². The number of Topliss-reactive ketones (excluding diaryl/α,β-unsaturated/α-hetero) is 1. The second-order valence-electron chi connectivity index (χ2n) is 7.96. The molecule has 1 aliphatic carbocycles. The first-order valence-corrected chi connectivity index (χ1v) is 11.2. The minimum absolute atomic E-state index is 0.0321. The van der Waals surface area contributed by atoms with Crippen LogP contribution in [0.2, 0.25) is 0 Å². The van der Waals surface area contributed by atoms with Crippen molar-refractivity contribution in [2.24, 2.45) is 5.92 Å². The maximum absolute atomic E-state index is 14.7. The molecular weight excluding hydrogens is 399 g/mol. The minimum Gasteiger partial charge on any atom is -0.297 e. The van der Waals surface area contributed by atoms with Crippen LogP contribution in [0.1, 0.15) is 43.4 Å². The smallest absolute Gasteiger partial charge is 0.186 e. The highest BCUT2D eigenvalue weighted by Crippen LogP contribution is 2.40. The van der Waals surface area contributed by atoms with Crippen molar-refractivity contribution in [3.8, 4) is 0 Å². The summed E-state index contributed by atoms with van der Waals surface area (Å²) in [6.45, 7) is 2.75. The Hall–Kier alpha value is -2.31. The third-order valence-electron chi connectivity index (χ3n) is 5.64. The van der Waals surface area contributed by atoms with Gasteiger partial charge in [0.25, 0.3) is 0 Å². The molecule has 2 atom stereocenters. The maximum atomic E-state index is 14.7. The number of piperidine rings is 1. The van der Waals surface area contributed by atoms with Crippen LogP contribution < -0.4 is 0 Å². The van der Waals surface area contributed by atoms with Crippen LogP contribution in [0.4, 0.5) is 4.39 Å². The van der Waals surface area contributed by atoms with Crippen LogP contribution in [-0.4, -0.2) is 39.1 Å². The van der Waals surface area contributed by atoms with Crippen molar-refractivity contribution >= 4 is 28.7 Å². The summed E-state index contributed by atoms with van der Waals surface area (Å²) < 4.78 is 14.7. The number of nitrogens with zero attached hydrogens (tertiary/aromatic N) is 2. The first kappa shape index (κ1) is 20.9. The SMILES string of the molecule is CC(=O)SC1CCN(C(C(=O)C2CC2)c2ccccc2F)CC1=Cc1cccnc1. The van der Waals surface area contributed by atoms with Gasteiger partial charge in [0, 0.05) is 49.1 Å². The molecule has 0 radical (unpaired) electrons. The molecular formula is C24H25FN2O2S. The number of pyridine rings is 1. The molecule has 1 aliphatic heterocycles. The molecule has 2 heterocycles. The van der Waals surface area contributed by atoms with E-state index in [1.165, 1.54) is 17.8 Å². The molecule has 0 bridgehead atoms. The summed E-state index contributed by atoms with van der Waals surface area (Å²) in [6.07, 6.45) is 8.07. The Bertz CT molecular complexity index is 959. The molecule has 0 N–H and O–H groups in total. The van der Waals surface area contributed by atoms with E-state index in [1.54, 1.807) is 37.5 Å². The normalized spacial score (nSPS) is 22.1. The molecule has 2 aliphatic rings. The van der Waals surface area contributed by atoms with Gasteiger partial charge < -0.3 is 0 Å². The fourth-order valence-corrected chi connectivity index (χ4v) is 4.99. The Labute approximate surface area is 180 Å². The lowest BCUT2D eigenvalue weighted by Crippen LogP contribution is -2.43. The van der Waals surface area contributed by atoms with Gasteiger partial charge in [-0.3, -0.25) is 19.5 Å². The number of halogens is 1. The van der Waals surface area contributed by atoms with Crippen molar-refractivity contribution in [2.75, 3.05) is 13.1 Å². The molecule has 2 fully saturated rings. The van der Waals surface area contributed by atoms with Gasteiger partial charge in [-0.2, -0.15) is 0 Å². The van der Waals surface area contributed by atoms with E-state index in [0.717, 1.165) is 30.4 Å². The number of hydrogen-bond acceptors (Lipinski definition) is 5. The number of benzene rings is 1. The van der Waals surface area contributed by atoms with Gasteiger partial charge in [-0.05, 0) is 42.5 Å². The average Bonchev–Trinajstić information content (AvgIpc) is 3.57. The number of carbonyl (C=O) groups is 2. The molecule has 1 aromatic carbocycles. The lowest BCUT2D eigenvalue weighted by molar-refractivity contribution is -0.126. The van der Waals surface area contributed by atoms with E-state index in [9.17, 15) is 14.0 Å². The van der Waals surface area contributed by atoms with E-state index in [4.69, 9.17) is 0 Å². The van der Waals surface area contributed by atoms with Gasteiger partial charge in [-0.15, -0.1) is 0 Å². The lowest BCUT2D eigenvalue weighted by Gasteiger charge is -2.38. The predicted molar refractivity (Wildman–Crippen MR) is 117 cm³/mol. The van der Waals surface area contributed by atoms with Crippen molar-refractivity contribution in [2.45, 2.75) is 37.5 Å². The van der Waals surface area contributed by atoms with E-state index in [1.807, 2.05) is 12.1 Å². The number of likely N-dealkylation sites (tertiary alicyclic amines) is 1. The van der Waals surface area contributed by atoms with E-state index < -0.39 is 6.04 Å². The molecule has 4 nitrogen and oxygen atoms in total. The Morgan fingerprint density at radius 1 is 1.20 bits per heavy atom.